The van der Waals surface area contributed by atoms with Crippen LogP contribution in [0.4, 0.5) is 4.79 Å². The quantitative estimate of drug-likeness (QED) is 0.163. The topological polar surface area (TPSA) is 112 Å². The van der Waals surface area contributed by atoms with Crippen molar-refractivity contribution in [2.45, 2.75) is 90.1 Å². The molecular weight excluding hydrogens is 468 g/mol. The molecule has 0 radical (unpaired) electrons. The molecule has 0 fully saturated rings. The molecule has 10 heteroatoms. The number of amides is 1. The van der Waals surface area contributed by atoms with Crippen molar-refractivity contribution in [3.8, 4) is 0 Å². The second-order valence-corrected chi connectivity index (χ2v) is 16.6. The molecule has 1 heterocycles. The van der Waals surface area contributed by atoms with Crippen LogP contribution in [-0.4, -0.2) is 63.3 Å². The van der Waals surface area contributed by atoms with Crippen molar-refractivity contribution in [3.63, 3.8) is 0 Å². The van der Waals surface area contributed by atoms with Crippen LogP contribution in [0.5, 0.6) is 0 Å². The minimum Gasteiger partial charge on any atom is -0.459 e. The summed E-state index contributed by atoms with van der Waals surface area (Å²) >= 11 is 0. The highest BCUT2D eigenvalue weighted by Crippen LogP contribution is 2.18. The van der Waals surface area contributed by atoms with E-state index in [1.165, 1.54) is 6.92 Å². The molecule has 0 bridgehead atoms. The predicted molar refractivity (Wildman–Crippen MR) is 135 cm³/mol. The van der Waals surface area contributed by atoms with Crippen LogP contribution in [0, 0.1) is 0 Å². The third kappa shape index (κ3) is 10.4. The van der Waals surface area contributed by atoms with E-state index in [1.807, 2.05) is 24.3 Å². The zero-order chi connectivity index (χ0) is 26.2. The first-order valence-corrected chi connectivity index (χ1v) is 15.7. The van der Waals surface area contributed by atoms with Gasteiger partial charge in [-0.1, -0.05) is 43.9 Å². The number of rotatable bonds is 10. The molecule has 0 saturated heterocycles. The van der Waals surface area contributed by atoms with E-state index in [0.717, 1.165) is 17.2 Å². The van der Waals surface area contributed by atoms with E-state index in [2.05, 4.69) is 30.3 Å². The summed E-state index contributed by atoms with van der Waals surface area (Å²) < 4.78 is 21.5. The maximum atomic E-state index is 12.9. The average molecular weight is 509 g/mol. The van der Waals surface area contributed by atoms with Gasteiger partial charge in [-0.3, -0.25) is 4.79 Å². The zero-order valence-electron chi connectivity index (χ0n) is 21.9. The number of hydrogen-bond donors (Lipinski definition) is 2. The minimum atomic E-state index is -1.28. The van der Waals surface area contributed by atoms with E-state index < -0.39 is 49.9 Å². The van der Waals surface area contributed by atoms with Gasteiger partial charge in [0, 0.05) is 21.2 Å². The van der Waals surface area contributed by atoms with E-state index in [9.17, 15) is 14.4 Å². The summed E-state index contributed by atoms with van der Waals surface area (Å²) in [5.41, 5.74) is 1.43. The molecule has 1 aromatic carbocycles. The Morgan fingerprint density at radius 3 is 2.43 bits per heavy atom. The number of alkyl carbamates (subject to hydrolysis) is 1. The summed E-state index contributed by atoms with van der Waals surface area (Å²) in [6, 6.07) is 6.98. The van der Waals surface area contributed by atoms with Crippen LogP contribution in [0.1, 0.15) is 38.8 Å². The maximum Gasteiger partial charge on any atom is 0.408 e. The summed E-state index contributed by atoms with van der Waals surface area (Å²) in [5.74, 6) is -1.28. The first-order chi connectivity index (χ1) is 16.2. The molecule has 1 aliphatic rings. The van der Waals surface area contributed by atoms with Crippen LogP contribution < -0.4 is 10.6 Å². The van der Waals surface area contributed by atoms with E-state index in [1.54, 1.807) is 20.8 Å². The van der Waals surface area contributed by atoms with Gasteiger partial charge in [-0.05, 0) is 51.3 Å². The molecule has 9 nitrogen and oxygen atoms in total. The number of carbonyl (C=O) groups excluding carboxylic acids is 3. The van der Waals surface area contributed by atoms with Crippen LogP contribution in [0.3, 0.4) is 0 Å². The molecule has 1 amide bonds. The summed E-state index contributed by atoms with van der Waals surface area (Å²) in [4.78, 5) is 38.0. The number of ether oxygens (including phenoxy) is 4. The van der Waals surface area contributed by atoms with Crippen molar-refractivity contribution in [2.24, 2.45) is 0 Å². The van der Waals surface area contributed by atoms with Gasteiger partial charge in [-0.15, -0.1) is 0 Å². The summed E-state index contributed by atoms with van der Waals surface area (Å²) in [6.45, 7) is 14.1. The number of nitrogens with one attached hydrogen (secondary N) is 2. The van der Waals surface area contributed by atoms with E-state index in [-0.39, 0.29) is 6.79 Å². The molecular formula is C25H40N2O7Si. The largest absolute Gasteiger partial charge is 0.459 e. The lowest BCUT2D eigenvalue weighted by molar-refractivity contribution is -0.166. The standard InChI is InChI=1S/C25H40N2O7Si/c1-17(33-22(28)20-14-18-10-8-9-11-19(18)15-26-20)21(27-24(30)34-25(2,3)4)23(29)32-16-31-12-13-35(5,6)7/h8-11,17,20-21,26H,12-16H2,1-7H3,(H,27,30)/t17-,20+,21+/m1/s1. The lowest BCUT2D eigenvalue weighted by atomic mass is 9.96. The number of hydrogen-bond acceptors (Lipinski definition) is 8. The van der Waals surface area contributed by atoms with Gasteiger partial charge >= 0.3 is 18.0 Å². The predicted octanol–water partition coefficient (Wildman–Crippen LogP) is 3.38. The average Bonchev–Trinajstić information content (AvgIpc) is 2.74. The number of esters is 2. The van der Waals surface area contributed by atoms with Crippen LogP contribution in [0.25, 0.3) is 0 Å². The van der Waals surface area contributed by atoms with E-state index >= 15 is 0 Å². The Morgan fingerprint density at radius 1 is 1.14 bits per heavy atom. The molecule has 2 rings (SSSR count). The van der Waals surface area contributed by atoms with E-state index in [4.69, 9.17) is 18.9 Å². The van der Waals surface area contributed by atoms with Crippen LogP contribution >= 0.6 is 0 Å². The number of benzene rings is 1. The third-order valence-electron chi connectivity index (χ3n) is 5.34. The minimum absolute atomic E-state index is 0.253. The Bertz CT molecular complexity index is 879. The highest BCUT2D eigenvalue weighted by molar-refractivity contribution is 6.76. The fourth-order valence-corrected chi connectivity index (χ4v) is 4.14. The Morgan fingerprint density at radius 2 is 1.80 bits per heavy atom. The molecule has 0 unspecified atom stereocenters. The van der Waals surface area contributed by atoms with Crippen LogP contribution in [0.15, 0.2) is 24.3 Å². The first-order valence-electron chi connectivity index (χ1n) is 12.0. The highest BCUT2D eigenvalue weighted by atomic mass is 28.3. The van der Waals surface area contributed by atoms with Crippen molar-refractivity contribution in [1.29, 1.82) is 0 Å². The fourth-order valence-electron chi connectivity index (χ4n) is 3.38. The SMILES string of the molecule is C[C@@H](OC(=O)[C@@H]1Cc2ccccc2CN1)[C@H](NC(=O)OC(C)(C)C)C(=O)OCOCC[Si](C)(C)C. The molecule has 0 spiro atoms. The van der Waals surface area contributed by atoms with Crippen molar-refractivity contribution in [2.75, 3.05) is 13.4 Å². The maximum absolute atomic E-state index is 12.9. The molecule has 0 aromatic heterocycles. The molecule has 196 valence electrons. The van der Waals surface area contributed by atoms with Gasteiger partial charge in [-0.2, -0.15) is 0 Å². The fraction of sp³-hybridized carbons (Fsp3) is 0.640. The Kier molecular flexibility index (Phi) is 10.3. The van der Waals surface area contributed by atoms with Crippen molar-refractivity contribution in [1.82, 2.24) is 10.6 Å². The smallest absolute Gasteiger partial charge is 0.408 e. The first kappa shape index (κ1) is 28.8. The Balaban J connectivity index is 1.99. The third-order valence-corrected chi connectivity index (χ3v) is 7.05. The number of carbonyl (C=O) groups is 3. The normalized spacial score (nSPS) is 17.5. The van der Waals surface area contributed by atoms with Gasteiger partial charge in [0.15, 0.2) is 12.8 Å². The van der Waals surface area contributed by atoms with Crippen LogP contribution in [0.2, 0.25) is 25.7 Å². The molecule has 2 N–H and O–H groups in total. The Hall–Kier alpha value is -2.43. The Labute approximate surface area is 209 Å². The van der Waals surface area contributed by atoms with Gasteiger partial charge in [0.05, 0.1) is 0 Å². The second-order valence-electron chi connectivity index (χ2n) is 11.0. The zero-order valence-corrected chi connectivity index (χ0v) is 22.9. The van der Waals surface area contributed by atoms with Gasteiger partial charge in [0.2, 0.25) is 0 Å². The van der Waals surface area contributed by atoms with Crippen LogP contribution in [-0.2, 0) is 41.5 Å². The summed E-state index contributed by atoms with van der Waals surface area (Å²) in [5, 5.41) is 5.64. The molecule has 0 aliphatic carbocycles. The summed E-state index contributed by atoms with van der Waals surface area (Å²) in [6.07, 6.45) is -1.34. The van der Waals surface area contributed by atoms with Crippen molar-refractivity contribution in [3.05, 3.63) is 35.4 Å². The van der Waals surface area contributed by atoms with Crippen molar-refractivity contribution >= 4 is 26.1 Å². The molecule has 1 aromatic rings. The highest BCUT2D eigenvalue weighted by Gasteiger charge is 2.35. The van der Waals surface area contributed by atoms with Crippen molar-refractivity contribution < 1.29 is 33.3 Å². The lowest BCUT2D eigenvalue weighted by Crippen LogP contribution is -2.53. The van der Waals surface area contributed by atoms with Gasteiger partial charge in [0.1, 0.15) is 17.7 Å². The monoisotopic (exact) mass is 508 g/mol. The van der Waals surface area contributed by atoms with Gasteiger partial charge < -0.3 is 29.6 Å². The molecule has 35 heavy (non-hydrogen) atoms. The number of fused-ring (bicyclic) bond motifs is 1. The lowest BCUT2D eigenvalue weighted by Gasteiger charge is -2.29. The second kappa shape index (κ2) is 12.5. The molecule has 1 aliphatic heterocycles. The molecule has 3 atom stereocenters. The van der Waals surface area contributed by atoms with E-state index in [0.29, 0.717) is 19.6 Å². The molecule has 0 saturated carbocycles. The summed E-state index contributed by atoms with van der Waals surface area (Å²) in [7, 11) is -1.28. The van der Waals surface area contributed by atoms with Gasteiger partial charge in [-0.25, -0.2) is 9.59 Å². The van der Waals surface area contributed by atoms with Gasteiger partial charge in [0.25, 0.3) is 0 Å².